The van der Waals surface area contributed by atoms with Crippen molar-refractivity contribution in [2.75, 3.05) is 26.2 Å². The summed E-state index contributed by atoms with van der Waals surface area (Å²) in [5, 5.41) is 6.26. The number of aromatic nitrogens is 1. The summed E-state index contributed by atoms with van der Waals surface area (Å²) in [5.74, 6) is 0.151. The van der Waals surface area contributed by atoms with E-state index >= 15 is 0 Å². The highest BCUT2D eigenvalue weighted by molar-refractivity contribution is 7.89. The molecular formula is C17H29ClN4O3S. The SMILES string of the molecule is CC1CCCN(S(=O)(=O)c2cc(C(=O)NC3CCCNC3)n(C)c2)C1.Cl. The average molecular weight is 405 g/mol. The first-order valence-corrected chi connectivity index (χ1v) is 10.5. The van der Waals surface area contributed by atoms with E-state index in [2.05, 4.69) is 17.6 Å². The van der Waals surface area contributed by atoms with Crippen molar-refractivity contribution in [3.05, 3.63) is 18.0 Å². The number of sulfonamides is 1. The zero-order valence-electron chi connectivity index (χ0n) is 15.4. The Kier molecular flexibility index (Phi) is 7.12. The quantitative estimate of drug-likeness (QED) is 0.793. The highest BCUT2D eigenvalue weighted by Gasteiger charge is 2.30. The maximum absolute atomic E-state index is 12.9. The molecule has 148 valence electrons. The van der Waals surface area contributed by atoms with E-state index in [4.69, 9.17) is 0 Å². The molecule has 1 aromatic heterocycles. The number of nitrogens with zero attached hydrogens (tertiary/aromatic N) is 2. The molecule has 2 aliphatic heterocycles. The Balaban J connectivity index is 0.00000243. The number of carbonyl (C=O) groups is 1. The number of rotatable bonds is 4. The van der Waals surface area contributed by atoms with Gasteiger partial charge < -0.3 is 15.2 Å². The smallest absolute Gasteiger partial charge is 0.268 e. The van der Waals surface area contributed by atoms with Crippen molar-refractivity contribution >= 4 is 28.3 Å². The van der Waals surface area contributed by atoms with Crippen LogP contribution in [0, 0.1) is 5.92 Å². The predicted octanol–water partition coefficient (Wildman–Crippen LogP) is 1.35. The lowest BCUT2D eigenvalue weighted by Gasteiger charge is -2.29. The van der Waals surface area contributed by atoms with Crippen LogP contribution in [-0.2, 0) is 17.1 Å². The van der Waals surface area contributed by atoms with Crippen LogP contribution in [0.4, 0.5) is 0 Å². The molecule has 3 heterocycles. The van der Waals surface area contributed by atoms with E-state index in [-0.39, 0.29) is 29.3 Å². The van der Waals surface area contributed by atoms with Gasteiger partial charge in [0.25, 0.3) is 5.91 Å². The van der Waals surface area contributed by atoms with Crippen molar-refractivity contribution in [2.45, 2.75) is 43.5 Å². The zero-order valence-corrected chi connectivity index (χ0v) is 17.0. The van der Waals surface area contributed by atoms with Gasteiger partial charge in [0.05, 0.1) is 0 Å². The van der Waals surface area contributed by atoms with Gasteiger partial charge in [-0.15, -0.1) is 12.4 Å². The molecule has 2 N–H and O–H groups in total. The summed E-state index contributed by atoms with van der Waals surface area (Å²) in [6.07, 6.45) is 5.46. The van der Waals surface area contributed by atoms with Crippen LogP contribution < -0.4 is 10.6 Å². The fourth-order valence-corrected chi connectivity index (χ4v) is 5.32. The van der Waals surface area contributed by atoms with E-state index in [1.807, 2.05) is 0 Å². The average Bonchev–Trinajstić information content (AvgIpc) is 2.98. The van der Waals surface area contributed by atoms with Gasteiger partial charge in [-0.25, -0.2) is 8.42 Å². The van der Waals surface area contributed by atoms with Crippen LogP contribution in [-0.4, -0.2) is 55.4 Å². The second-order valence-corrected chi connectivity index (χ2v) is 9.24. The van der Waals surface area contributed by atoms with Crippen molar-refractivity contribution < 1.29 is 13.2 Å². The molecule has 7 nitrogen and oxygen atoms in total. The van der Waals surface area contributed by atoms with Gasteiger partial charge in [-0.05, 0) is 44.2 Å². The Labute approximate surface area is 162 Å². The van der Waals surface area contributed by atoms with Gasteiger partial charge in [-0.3, -0.25) is 4.79 Å². The third-order valence-corrected chi connectivity index (χ3v) is 6.93. The van der Waals surface area contributed by atoms with Gasteiger partial charge in [0.1, 0.15) is 10.6 Å². The minimum Gasteiger partial charge on any atom is -0.347 e. The fraction of sp³-hybridized carbons (Fsp3) is 0.706. The first kappa shape index (κ1) is 21.2. The first-order valence-electron chi connectivity index (χ1n) is 9.06. The normalized spacial score (nSPS) is 24.7. The second-order valence-electron chi connectivity index (χ2n) is 7.30. The molecule has 26 heavy (non-hydrogen) atoms. The first-order chi connectivity index (χ1) is 11.9. The van der Waals surface area contributed by atoms with Gasteiger partial charge in [-0.2, -0.15) is 4.31 Å². The Hall–Kier alpha value is -1.09. The van der Waals surface area contributed by atoms with E-state index in [0.29, 0.717) is 24.7 Å². The minimum atomic E-state index is -3.54. The monoisotopic (exact) mass is 404 g/mol. The Bertz CT molecular complexity index is 728. The minimum absolute atomic E-state index is 0. The van der Waals surface area contributed by atoms with Crippen molar-refractivity contribution in [1.29, 1.82) is 0 Å². The molecule has 0 bridgehead atoms. The molecule has 1 aromatic rings. The standard InChI is InChI=1S/C17H28N4O3S.ClH/c1-13-5-4-8-21(11-13)25(23,24)15-9-16(20(2)12-15)17(22)19-14-6-3-7-18-10-14;/h9,12-14,18H,3-8,10-11H2,1-2H3,(H,19,22);1H. The molecule has 0 spiro atoms. The summed E-state index contributed by atoms with van der Waals surface area (Å²) in [4.78, 5) is 12.7. The number of amides is 1. The number of aryl methyl sites for hydroxylation is 1. The van der Waals surface area contributed by atoms with Gasteiger partial charge >= 0.3 is 0 Å². The van der Waals surface area contributed by atoms with Crippen LogP contribution in [0.5, 0.6) is 0 Å². The van der Waals surface area contributed by atoms with Gasteiger partial charge in [0.2, 0.25) is 10.0 Å². The highest BCUT2D eigenvalue weighted by atomic mass is 35.5. The summed E-state index contributed by atoms with van der Waals surface area (Å²) >= 11 is 0. The van der Waals surface area contributed by atoms with Crippen LogP contribution in [0.2, 0.25) is 0 Å². The van der Waals surface area contributed by atoms with E-state index in [1.165, 1.54) is 6.07 Å². The molecule has 2 fully saturated rings. The van der Waals surface area contributed by atoms with Gasteiger partial charge in [0, 0.05) is 38.9 Å². The molecule has 2 atom stereocenters. The third-order valence-electron chi connectivity index (χ3n) is 5.10. The van der Waals surface area contributed by atoms with Gasteiger partial charge in [0.15, 0.2) is 0 Å². The fourth-order valence-electron chi connectivity index (χ4n) is 3.65. The van der Waals surface area contributed by atoms with Gasteiger partial charge in [-0.1, -0.05) is 6.92 Å². The van der Waals surface area contributed by atoms with E-state index < -0.39 is 10.0 Å². The number of halogens is 1. The Morgan fingerprint density at radius 3 is 2.73 bits per heavy atom. The Morgan fingerprint density at radius 1 is 1.31 bits per heavy atom. The van der Waals surface area contributed by atoms with Crippen molar-refractivity contribution in [3.8, 4) is 0 Å². The molecule has 0 saturated carbocycles. The van der Waals surface area contributed by atoms with Crippen LogP contribution in [0.3, 0.4) is 0 Å². The zero-order chi connectivity index (χ0) is 18.0. The largest absolute Gasteiger partial charge is 0.347 e. The number of nitrogens with one attached hydrogen (secondary N) is 2. The molecule has 0 radical (unpaired) electrons. The van der Waals surface area contributed by atoms with Crippen LogP contribution >= 0.6 is 12.4 Å². The van der Waals surface area contributed by atoms with E-state index in [0.717, 1.165) is 38.8 Å². The summed E-state index contributed by atoms with van der Waals surface area (Å²) in [6.45, 7) is 4.91. The topological polar surface area (TPSA) is 83.4 Å². The number of carbonyl (C=O) groups excluding carboxylic acids is 1. The number of piperidine rings is 2. The molecule has 0 aliphatic carbocycles. The summed E-state index contributed by atoms with van der Waals surface area (Å²) < 4.78 is 28.9. The molecule has 1 amide bonds. The summed E-state index contributed by atoms with van der Waals surface area (Å²) in [5.41, 5.74) is 0.384. The second kappa shape index (κ2) is 8.73. The number of hydrogen-bond donors (Lipinski definition) is 2. The molecule has 2 saturated heterocycles. The van der Waals surface area contributed by atoms with E-state index in [1.54, 1.807) is 22.1 Å². The van der Waals surface area contributed by atoms with Crippen LogP contribution in [0.25, 0.3) is 0 Å². The lowest BCUT2D eigenvalue weighted by molar-refractivity contribution is 0.0922. The molecule has 2 unspecified atom stereocenters. The van der Waals surface area contributed by atoms with Crippen molar-refractivity contribution in [3.63, 3.8) is 0 Å². The van der Waals surface area contributed by atoms with E-state index in [9.17, 15) is 13.2 Å². The molecular weight excluding hydrogens is 376 g/mol. The molecule has 0 aromatic carbocycles. The lowest BCUT2D eigenvalue weighted by Crippen LogP contribution is -2.45. The molecule has 2 aliphatic rings. The predicted molar refractivity (Wildman–Crippen MR) is 103 cm³/mol. The maximum Gasteiger partial charge on any atom is 0.268 e. The third kappa shape index (κ3) is 4.60. The molecule has 9 heteroatoms. The summed E-state index contributed by atoms with van der Waals surface area (Å²) in [6, 6.07) is 1.60. The van der Waals surface area contributed by atoms with Crippen molar-refractivity contribution in [2.24, 2.45) is 13.0 Å². The maximum atomic E-state index is 12.9. The number of hydrogen-bond acceptors (Lipinski definition) is 4. The highest BCUT2D eigenvalue weighted by Crippen LogP contribution is 2.24. The summed E-state index contributed by atoms with van der Waals surface area (Å²) in [7, 11) is -1.83. The Morgan fingerprint density at radius 2 is 2.08 bits per heavy atom. The molecule has 3 rings (SSSR count). The van der Waals surface area contributed by atoms with Crippen molar-refractivity contribution in [1.82, 2.24) is 19.5 Å². The van der Waals surface area contributed by atoms with Crippen LogP contribution in [0.15, 0.2) is 17.2 Å². The lowest BCUT2D eigenvalue weighted by atomic mass is 10.0. The van der Waals surface area contributed by atoms with Crippen LogP contribution in [0.1, 0.15) is 43.1 Å².